The summed E-state index contributed by atoms with van der Waals surface area (Å²) in [5.74, 6) is -1.40. The van der Waals surface area contributed by atoms with E-state index in [1.54, 1.807) is 0 Å². The van der Waals surface area contributed by atoms with Gasteiger partial charge in [0.15, 0.2) is 0 Å². The Morgan fingerprint density at radius 3 is 1.62 bits per heavy atom. The highest BCUT2D eigenvalue weighted by Crippen LogP contribution is 1.99. The second kappa shape index (κ2) is 5.34. The molecule has 0 bridgehead atoms. The zero-order valence-electron chi connectivity index (χ0n) is 7.83. The Bertz CT molecular complexity index is 187. The van der Waals surface area contributed by atoms with Gasteiger partial charge in [-0.1, -0.05) is 6.32 Å². The van der Waals surface area contributed by atoms with Gasteiger partial charge in [-0.05, 0) is 6.92 Å². The van der Waals surface area contributed by atoms with E-state index in [4.69, 9.17) is 0 Å². The molecule has 0 aromatic carbocycles. The lowest BCUT2D eigenvalue weighted by molar-refractivity contribution is -0.137. The van der Waals surface area contributed by atoms with E-state index in [1.807, 2.05) is 0 Å². The monoisotopic (exact) mass is 186 g/mol. The summed E-state index contributed by atoms with van der Waals surface area (Å²) >= 11 is 0. The predicted molar refractivity (Wildman–Crippen MR) is 44.8 cm³/mol. The van der Waals surface area contributed by atoms with Crippen molar-refractivity contribution in [3.8, 4) is 0 Å². The molecule has 13 heavy (non-hydrogen) atoms. The van der Waals surface area contributed by atoms with Crippen molar-refractivity contribution >= 4 is 24.8 Å². The third-order valence-corrected chi connectivity index (χ3v) is 1.05. The summed E-state index contributed by atoms with van der Waals surface area (Å²) < 4.78 is 9.14. The van der Waals surface area contributed by atoms with Gasteiger partial charge in [0, 0.05) is 13.8 Å². The maximum Gasteiger partial charge on any atom is 0.284 e. The van der Waals surface area contributed by atoms with Crippen molar-refractivity contribution < 1.29 is 23.7 Å². The molecule has 0 aliphatic heterocycles. The number of carbonyl (C=O) groups excluding carboxylic acids is 3. The molecule has 73 valence electrons. The third-order valence-electron chi connectivity index (χ3n) is 1.05. The summed E-state index contributed by atoms with van der Waals surface area (Å²) in [6, 6.07) is 0. The maximum atomic E-state index is 10.6. The Labute approximate surface area is 76.5 Å². The number of hydrogen-bond acceptors (Lipinski definition) is 5. The molecule has 0 amide bonds. The van der Waals surface area contributed by atoms with Gasteiger partial charge in [0.25, 0.3) is 19.1 Å². The second-order valence-electron chi connectivity index (χ2n) is 2.55. The molecule has 0 aliphatic carbocycles. The van der Waals surface area contributed by atoms with Crippen LogP contribution in [0.3, 0.4) is 0 Å². The fourth-order valence-corrected chi connectivity index (χ4v) is 0.712. The fourth-order valence-electron chi connectivity index (χ4n) is 0.712. The van der Waals surface area contributed by atoms with Crippen molar-refractivity contribution in [2.75, 3.05) is 0 Å². The van der Waals surface area contributed by atoms with Crippen LogP contribution in [0, 0.1) is 0 Å². The molecule has 0 spiro atoms. The summed E-state index contributed by atoms with van der Waals surface area (Å²) in [5.41, 5.74) is 0. The van der Waals surface area contributed by atoms with E-state index < -0.39 is 19.1 Å². The Kier molecular flexibility index (Phi) is 4.80. The first-order chi connectivity index (χ1) is 5.91. The first-order valence-corrected chi connectivity index (χ1v) is 3.75. The summed E-state index contributed by atoms with van der Waals surface area (Å²) in [7, 11) is -1.09. The van der Waals surface area contributed by atoms with E-state index in [-0.39, 0.29) is 12.1 Å². The van der Waals surface area contributed by atoms with Crippen molar-refractivity contribution in [3.63, 3.8) is 0 Å². The molecule has 0 unspecified atom stereocenters. The molecular formula is C7H11BO5-. The summed E-state index contributed by atoms with van der Waals surface area (Å²) in [4.78, 5) is 31.6. The summed E-state index contributed by atoms with van der Waals surface area (Å²) in [5, 5.41) is 0. The Morgan fingerprint density at radius 1 is 1.00 bits per heavy atom. The van der Waals surface area contributed by atoms with Crippen LogP contribution in [0.15, 0.2) is 0 Å². The maximum absolute atomic E-state index is 10.6. The van der Waals surface area contributed by atoms with Crippen LogP contribution in [0.1, 0.15) is 20.8 Å². The van der Waals surface area contributed by atoms with E-state index in [0.717, 1.165) is 0 Å². The van der Waals surface area contributed by atoms with E-state index >= 15 is 0 Å². The van der Waals surface area contributed by atoms with E-state index in [2.05, 4.69) is 9.31 Å². The van der Waals surface area contributed by atoms with Gasteiger partial charge in [0.05, 0.1) is 5.78 Å². The lowest BCUT2D eigenvalue weighted by Crippen LogP contribution is -2.29. The summed E-state index contributed by atoms with van der Waals surface area (Å²) in [6.45, 7) is 3.67. The molecule has 1 radical (unpaired) electrons. The number of ketones is 1. The minimum atomic E-state index is -1.09. The highest BCUT2D eigenvalue weighted by Gasteiger charge is 2.09. The molecule has 5 nitrogen and oxygen atoms in total. The zero-order chi connectivity index (χ0) is 10.4. The number of Topliss-reactive ketones (excluding diaryl/α,β-unsaturated/α-hetero) is 1. The quantitative estimate of drug-likeness (QED) is 0.586. The molecule has 0 aliphatic rings. The fraction of sp³-hybridized carbons (Fsp3) is 0.571. The molecule has 0 rings (SSSR count). The van der Waals surface area contributed by atoms with Gasteiger partial charge in [-0.2, -0.15) is 0 Å². The minimum Gasteiger partial charge on any atom is -0.676 e. The Hall–Kier alpha value is -1.33. The number of carbonyl (C=O) groups is 3. The van der Waals surface area contributed by atoms with Gasteiger partial charge < -0.3 is 14.1 Å². The van der Waals surface area contributed by atoms with Crippen molar-refractivity contribution in [1.82, 2.24) is 0 Å². The van der Waals surface area contributed by atoms with Crippen LogP contribution in [0.5, 0.6) is 0 Å². The first kappa shape index (κ1) is 11.7. The molecule has 0 saturated carbocycles. The topological polar surface area (TPSA) is 69.7 Å². The van der Waals surface area contributed by atoms with Crippen molar-refractivity contribution in [3.05, 3.63) is 0 Å². The SMILES string of the molecule is CC(=O)C[B-](OC(C)=O)OC(C)=O. The van der Waals surface area contributed by atoms with Crippen LogP contribution < -0.4 is 0 Å². The van der Waals surface area contributed by atoms with Crippen LogP contribution >= 0.6 is 0 Å². The zero-order valence-corrected chi connectivity index (χ0v) is 7.83. The van der Waals surface area contributed by atoms with Crippen molar-refractivity contribution in [2.45, 2.75) is 27.1 Å². The van der Waals surface area contributed by atoms with Gasteiger partial charge >= 0.3 is 0 Å². The van der Waals surface area contributed by atoms with Crippen LogP contribution in [0.4, 0.5) is 0 Å². The van der Waals surface area contributed by atoms with Crippen molar-refractivity contribution in [2.24, 2.45) is 0 Å². The van der Waals surface area contributed by atoms with E-state index in [1.165, 1.54) is 20.8 Å². The molecule has 0 atom stereocenters. The second-order valence-corrected chi connectivity index (χ2v) is 2.55. The minimum absolute atomic E-state index is 0.112. The molecule has 0 aromatic heterocycles. The summed E-state index contributed by atoms with van der Waals surface area (Å²) in [6.07, 6.45) is -0.112. The average Bonchev–Trinajstić information content (AvgIpc) is 1.80. The van der Waals surface area contributed by atoms with Gasteiger partial charge in [-0.15, -0.1) is 0 Å². The normalized spacial score (nSPS) is 9.54. The van der Waals surface area contributed by atoms with Gasteiger partial charge in [0.1, 0.15) is 0 Å². The number of hydrogen-bond donors (Lipinski definition) is 0. The average molecular weight is 186 g/mol. The third kappa shape index (κ3) is 7.05. The molecule has 0 saturated heterocycles. The predicted octanol–water partition coefficient (Wildman–Crippen LogP) is 0.190. The largest absolute Gasteiger partial charge is 0.676 e. The smallest absolute Gasteiger partial charge is 0.284 e. The Morgan fingerprint density at radius 2 is 1.38 bits per heavy atom. The van der Waals surface area contributed by atoms with Gasteiger partial charge in [0.2, 0.25) is 0 Å². The lowest BCUT2D eigenvalue weighted by Gasteiger charge is -2.26. The highest BCUT2D eigenvalue weighted by atomic mass is 16.6. The molecular weight excluding hydrogens is 175 g/mol. The van der Waals surface area contributed by atoms with Crippen molar-refractivity contribution in [1.29, 1.82) is 0 Å². The van der Waals surface area contributed by atoms with Crippen LogP contribution in [0.25, 0.3) is 0 Å². The number of rotatable bonds is 4. The molecule has 0 N–H and O–H groups in total. The molecule has 0 aromatic rings. The standard InChI is InChI=1S/C7H11BO5/c1-5(9)4-8(12-6(2)10)13-7(3)11/h4H2,1-3H3/q-1. The van der Waals surface area contributed by atoms with Crippen LogP contribution in [-0.2, 0) is 23.7 Å². The van der Waals surface area contributed by atoms with Gasteiger partial charge in [-0.3, -0.25) is 9.59 Å². The van der Waals surface area contributed by atoms with Gasteiger partial charge in [-0.25, -0.2) is 0 Å². The molecule has 0 fully saturated rings. The lowest BCUT2D eigenvalue weighted by atomic mass is 9.82. The van der Waals surface area contributed by atoms with Crippen LogP contribution in [-0.4, -0.2) is 24.8 Å². The first-order valence-electron chi connectivity index (χ1n) is 3.75. The molecule has 6 heteroatoms. The highest BCUT2D eigenvalue weighted by molar-refractivity contribution is 6.53. The van der Waals surface area contributed by atoms with Crippen LogP contribution in [0.2, 0.25) is 6.32 Å². The van der Waals surface area contributed by atoms with E-state index in [9.17, 15) is 14.4 Å². The molecule has 0 heterocycles. The van der Waals surface area contributed by atoms with E-state index in [0.29, 0.717) is 0 Å². The Balaban J connectivity index is 4.10.